The Morgan fingerprint density at radius 3 is 2.61 bits per heavy atom. The molecular formula is C15H19NO2. The van der Waals surface area contributed by atoms with Crippen molar-refractivity contribution in [2.45, 2.75) is 13.0 Å². The Morgan fingerprint density at radius 1 is 1.17 bits per heavy atom. The Labute approximate surface area is 107 Å². The van der Waals surface area contributed by atoms with Crippen molar-refractivity contribution in [1.29, 1.82) is 0 Å². The van der Waals surface area contributed by atoms with Crippen molar-refractivity contribution in [1.82, 2.24) is 5.32 Å². The summed E-state index contributed by atoms with van der Waals surface area (Å²) >= 11 is 0. The van der Waals surface area contributed by atoms with Gasteiger partial charge in [0.15, 0.2) is 0 Å². The maximum absolute atomic E-state index is 8.82. The third kappa shape index (κ3) is 2.81. The molecule has 0 aliphatic heterocycles. The van der Waals surface area contributed by atoms with E-state index in [1.807, 2.05) is 12.1 Å². The Hall–Kier alpha value is -1.58. The zero-order chi connectivity index (χ0) is 13.0. The smallest absolute Gasteiger partial charge is 0.119 e. The van der Waals surface area contributed by atoms with Crippen LogP contribution in [0.4, 0.5) is 0 Å². The van der Waals surface area contributed by atoms with Crippen LogP contribution in [0, 0.1) is 0 Å². The van der Waals surface area contributed by atoms with E-state index in [9.17, 15) is 0 Å². The molecule has 0 amide bonds. The molecule has 2 rings (SSSR count). The van der Waals surface area contributed by atoms with Crippen LogP contribution >= 0.6 is 0 Å². The minimum atomic E-state index is 0.162. The van der Waals surface area contributed by atoms with Crippen LogP contribution < -0.4 is 10.1 Å². The third-order valence-electron chi connectivity index (χ3n) is 3.13. The molecule has 0 fully saturated rings. The molecule has 0 bridgehead atoms. The van der Waals surface area contributed by atoms with Gasteiger partial charge in [-0.1, -0.05) is 18.2 Å². The number of aliphatic hydroxyl groups excluding tert-OH is 1. The van der Waals surface area contributed by atoms with Gasteiger partial charge < -0.3 is 15.2 Å². The Bertz CT molecular complexity index is 525. The fraction of sp³-hybridized carbons (Fsp3) is 0.333. The lowest BCUT2D eigenvalue weighted by molar-refractivity contribution is 0.286. The molecule has 2 aromatic rings. The second kappa shape index (κ2) is 5.85. The molecule has 0 heterocycles. The second-order valence-corrected chi connectivity index (χ2v) is 4.37. The number of fused-ring (bicyclic) bond motifs is 1. The first-order valence-electron chi connectivity index (χ1n) is 6.16. The zero-order valence-corrected chi connectivity index (χ0v) is 10.8. The highest BCUT2D eigenvalue weighted by molar-refractivity contribution is 5.84. The summed E-state index contributed by atoms with van der Waals surface area (Å²) in [5.41, 5.74) is 1.22. The molecule has 2 aromatic carbocycles. The largest absolute Gasteiger partial charge is 0.497 e. The fourth-order valence-corrected chi connectivity index (χ4v) is 2.04. The van der Waals surface area contributed by atoms with E-state index in [4.69, 9.17) is 9.84 Å². The van der Waals surface area contributed by atoms with Crippen molar-refractivity contribution in [3.63, 3.8) is 0 Å². The topological polar surface area (TPSA) is 41.5 Å². The lowest BCUT2D eigenvalue weighted by Gasteiger charge is -2.14. The van der Waals surface area contributed by atoms with E-state index < -0.39 is 0 Å². The summed E-state index contributed by atoms with van der Waals surface area (Å²) in [6.45, 7) is 2.87. The minimum Gasteiger partial charge on any atom is -0.497 e. The quantitative estimate of drug-likeness (QED) is 0.850. The number of methoxy groups -OCH3 is 1. The predicted octanol–water partition coefficient (Wildman–Crippen LogP) is 2.49. The number of hydrogen-bond donors (Lipinski definition) is 2. The lowest BCUT2D eigenvalue weighted by atomic mass is 10.0. The van der Waals surface area contributed by atoms with Crippen LogP contribution in [0.3, 0.4) is 0 Å². The normalized spacial score (nSPS) is 12.6. The SMILES string of the molecule is COc1ccc2cc(C(C)NCCO)ccc2c1. The molecule has 0 aliphatic rings. The molecule has 3 nitrogen and oxygen atoms in total. The number of nitrogens with one attached hydrogen (secondary N) is 1. The summed E-state index contributed by atoms with van der Waals surface area (Å²) in [7, 11) is 1.68. The van der Waals surface area contributed by atoms with Gasteiger partial charge in [-0.05, 0) is 41.5 Å². The van der Waals surface area contributed by atoms with Gasteiger partial charge in [-0.25, -0.2) is 0 Å². The van der Waals surface area contributed by atoms with E-state index in [0.717, 1.165) is 5.75 Å². The molecule has 96 valence electrons. The second-order valence-electron chi connectivity index (χ2n) is 4.37. The summed E-state index contributed by atoms with van der Waals surface area (Å²) in [5.74, 6) is 0.877. The molecule has 0 aliphatic carbocycles. The zero-order valence-electron chi connectivity index (χ0n) is 10.8. The van der Waals surface area contributed by atoms with Crippen LogP contribution in [0.25, 0.3) is 10.8 Å². The fourth-order valence-electron chi connectivity index (χ4n) is 2.04. The molecule has 0 aromatic heterocycles. The van der Waals surface area contributed by atoms with Gasteiger partial charge in [0.2, 0.25) is 0 Å². The van der Waals surface area contributed by atoms with Crippen LogP contribution in [0.2, 0.25) is 0 Å². The summed E-state index contributed by atoms with van der Waals surface area (Å²) in [4.78, 5) is 0. The average molecular weight is 245 g/mol. The van der Waals surface area contributed by atoms with Crippen molar-refractivity contribution < 1.29 is 9.84 Å². The summed E-state index contributed by atoms with van der Waals surface area (Å²) < 4.78 is 5.21. The highest BCUT2D eigenvalue weighted by atomic mass is 16.5. The molecule has 1 atom stereocenters. The van der Waals surface area contributed by atoms with E-state index in [1.54, 1.807) is 7.11 Å². The van der Waals surface area contributed by atoms with Crippen molar-refractivity contribution in [3.05, 3.63) is 42.0 Å². The molecule has 18 heavy (non-hydrogen) atoms. The maximum atomic E-state index is 8.82. The van der Waals surface area contributed by atoms with Gasteiger partial charge >= 0.3 is 0 Å². The van der Waals surface area contributed by atoms with Crippen LogP contribution in [0.5, 0.6) is 5.75 Å². The van der Waals surface area contributed by atoms with Crippen molar-refractivity contribution in [3.8, 4) is 5.75 Å². The maximum Gasteiger partial charge on any atom is 0.119 e. The van der Waals surface area contributed by atoms with Gasteiger partial charge in [-0.15, -0.1) is 0 Å². The van der Waals surface area contributed by atoms with Crippen LogP contribution in [0.1, 0.15) is 18.5 Å². The van der Waals surface area contributed by atoms with Gasteiger partial charge in [0, 0.05) is 12.6 Å². The molecular weight excluding hydrogens is 226 g/mol. The molecule has 1 unspecified atom stereocenters. The van der Waals surface area contributed by atoms with E-state index in [-0.39, 0.29) is 12.6 Å². The van der Waals surface area contributed by atoms with Crippen molar-refractivity contribution in [2.75, 3.05) is 20.3 Å². The van der Waals surface area contributed by atoms with E-state index >= 15 is 0 Å². The van der Waals surface area contributed by atoms with Crippen LogP contribution in [-0.4, -0.2) is 25.4 Å². The first kappa shape index (κ1) is 12.9. The Morgan fingerprint density at radius 2 is 1.89 bits per heavy atom. The summed E-state index contributed by atoms with van der Waals surface area (Å²) in [6, 6.07) is 12.7. The summed E-state index contributed by atoms with van der Waals surface area (Å²) in [6.07, 6.45) is 0. The van der Waals surface area contributed by atoms with Gasteiger partial charge in [0.1, 0.15) is 5.75 Å². The standard InChI is InChI=1S/C15H19NO2/c1-11(16-7-8-17)12-3-4-14-10-15(18-2)6-5-13(14)9-12/h3-6,9-11,16-17H,7-8H2,1-2H3. The first-order chi connectivity index (χ1) is 8.74. The number of rotatable bonds is 5. The highest BCUT2D eigenvalue weighted by Gasteiger charge is 2.05. The molecule has 0 saturated heterocycles. The molecule has 0 spiro atoms. The summed E-state index contributed by atoms with van der Waals surface area (Å²) in [5, 5.41) is 14.4. The Balaban J connectivity index is 2.27. The number of aliphatic hydroxyl groups is 1. The lowest BCUT2D eigenvalue weighted by Crippen LogP contribution is -2.21. The van der Waals surface area contributed by atoms with Crippen molar-refractivity contribution >= 4 is 10.8 Å². The number of hydrogen-bond acceptors (Lipinski definition) is 3. The number of benzene rings is 2. The van der Waals surface area contributed by atoms with Gasteiger partial charge in [0.05, 0.1) is 13.7 Å². The van der Waals surface area contributed by atoms with Gasteiger partial charge in [0.25, 0.3) is 0 Å². The minimum absolute atomic E-state index is 0.162. The van der Waals surface area contributed by atoms with Crippen molar-refractivity contribution in [2.24, 2.45) is 0 Å². The van der Waals surface area contributed by atoms with E-state index in [2.05, 4.69) is 36.5 Å². The monoisotopic (exact) mass is 245 g/mol. The number of ether oxygens (including phenoxy) is 1. The van der Waals surface area contributed by atoms with Gasteiger partial charge in [-0.2, -0.15) is 0 Å². The molecule has 0 radical (unpaired) electrons. The van der Waals surface area contributed by atoms with E-state index in [1.165, 1.54) is 16.3 Å². The average Bonchev–Trinajstić information content (AvgIpc) is 2.43. The molecule has 2 N–H and O–H groups in total. The first-order valence-corrected chi connectivity index (χ1v) is 6.16. The van der Waals surface area contributed by atoms with E-state index in [0.29, 0.717) is 6.54 Å². The third-order valence-corrected chi connectivity index (χ3v) is 3.13. The highest BCUT2D eigenvalue weighted by Crippen LogP contribution is 2.24. The van der Waals surface area contributed by atoms with Crippen LogP contribution in [0.15, 0.2) is 36.4 Å². The predicted molar refractivity (Wildman–Crippen MR) is 74.0 cm³/mol. The van der Waals surface area contributed by atoms with Gasteiger partial charge in [-0.3, -0.25) is 0 Å². The molecule has 3 heteroatoms. The molecule has 0 saturated carbocycles. The van der Waals surface area contributed by atoms with Crippen LogP contribution in [-0.2, 0) is 0 Å². The Kier molecular flexibility index (Phi) is 4.18.